The van der Waals surface area contributed by atoms with Crippen LogP contribution in [0.1, 0.15) is 89.8 Å². The third-order valence-electron chi connectivity index (χ3n) is 10.7. The van der Waals surface area contributed by atoms with Crippen LogP contribution in [-0.2, 0) is 24.2 Å². The lowest BCUT2D eigenvalue weighted by atomic mass is 9.94. The monoisotopic (exact) mass is 673 g/mol. The van der Waals surface area contributed by atoms with Crippen LogP contribution in [0.4, 0.5) is 26.2 Å². The fourth-order valence-electron chi connectivity index (χ4n) is 7.98. The van der Waals surface area contributed by atoms with Crippen LogP contribution >= 0.6 is 0 Å². The zero-order valence-electron chi connectivity index (χ0n) is 27.7. The average Bonchev–Trinajstić information content (AvgIpc) is 3.50. The summed E-state index contributed by atoms with van der Waals surface area (Å²) in [5, 5.41) is 23.9. The van der Waals surface area contributed by atoms with Crippen molar-refractivity contribution >= 4 is 29.3 Å². The summed E-state index contributed by atoms with van der Waals surface area (Å²) < 4.78 is 30.2. The van der Waals surface area contributed by atoms with Gasteiger partial charge in [-0.1, -0.05) is 0 Å². The lowest BCUT2D eigenvalue weighted by Crippen LogP contribution is -2.42. The topological polar surface area (TPSA) is 135 Å². The maximum absolute atomic E-state index is 14.0. The van der Waals surface area contributed by atoms with Crippen molar-refractivity contribution in [3.05, 3.63) is 58.0 Å². The number of likely N-dealkylation sites (tertiary alicyclic amines) is 1. The SMILES string of the molecule is CC(=O)N1CCc2c(c(N3CCCc4cc(C#N)c(C(F)F)cc43)nn2C2CCN(CC3CCN(c4ncc(C(=O)O)cn4)CC3)CC2)C1. The molecule has 2 saturated heterocycles. The molecular weight excluding hydrogens is 632 g/mol. The fraction of sp³-hybridized carbons (Fsp3) is 0.543. The minimum absolute atomic E-state index is 0.00445. The van der Waals surface area contributed by atoms with Crippen LogP contribution in [0.15, 0.2) is 24.5 Å². The summed E-state index contributed by atoms with van der Waals surface area (Å²) in [6.07, 6.45) is 6.12. The highest BCUT2D eigenvalue weighted by Gasteiger charge is 2.35. The summed E-state index contributed by atoms with van der Waals surface area (Å²) in [6, 6.07) is 5.24. The first kappa shape index (κ1) is 32.9. The number of aromatic nitrogens is 4. The van der Waals surface area contributed by atoms with E-state index in [2.05, 4.69) is 24.4 Å². The molecule has 0 unspecified atom stereocenters. The Morgan fingerprint density at radius 3 is 2.41 bits per heavy atom. The Balaban J connectivity index is 1.05. The number of hydrogen-bond acceptors (Lipinski definition) is 9. The number of benzene rings is 1. The highest BCUT2D eigenvalue weighted by atomic mass is 19.3. The van der Waals surface area contributed by atoms with Crippen molar-refractivity contribution in [3.63, 3.8) is 0 Å². The molecular formula is C35H41F2N9O3. The average molecular weight is 674 g/mol. The number of carbonyl (C=O) groups is 2. The minimum atomic E-state index is -2.76. The van der Waals surface area contributed by atoms with E-state index in [0.717, 1.165) is 87.5 Å². The van der Waals surface area contributed by atoms with Crippen molar-refractivity contribution in [3.8, 4) is 6.07 Å². The first-order valence-electron chi connectivity index (χ1n) is 17.2. The van der Waals surface area contributed by atoms with Gasteiger partial charge in [0.05, 0.1) is 29.8 Å². The molecule has 49 heavy (non-hydrogen) atoms. The number of aromatic carboxylic acids is 1. The number of alkyl halides is 2. The predicted octanol–water partition coefficient (Wildman–Crippen LogP) is 4.72. The molecule has 6 heterocycles. The number of halogens is 2. The number of fused-ring (bicyclic) bond motifs is 2. The molecule has 258 valence electrons. The van der Waals surface area contributed by atoms with E-state index >= 15 is 0 Å². The molecule has 12 nitrogen and oxygen atoms in total. The summed E-state index contributed by atoms with van der Waals surface area (Å²) in [7, 11) is 0. The number of carboxylic acid groups (broad SMARTS) is 1. The van der Waals surface area contributed by atoms with E-state index in [0.29, 0.717) is 50.0 Å². The van der Waals surface area contributed by atoms with Gasteiger partial charge < -0.3 is 24.7 Å². The quantitative estimate of drug-likeness (QED) is 0.375. The third-order valence-corrected chi connectivity index (χ3v) is 10.7. The molecule has 2 fully saturated rings. The van der Waals surface area contributed by atoms with Crippen molar-refractivity contribution in [1.82, 2.24) is 29.5 Å². The summed E-state index contributed by atoms with van der Waals surface area (Å²) in [5.41, 5.74) is 3.52. The summed E-state index contributed by atoms with van der Waals surface area (Å²) in [5.74, 6) is 0.849. The van der Waals surface area contributed by atoms with E-state index in [1.807, 2.05) is 15.9 Å². The number of rotatable bonds is 7. The number of aryl methyl sites for hydroxylation is 1. The molecule has 3 aromatic rings. The highest BCUT2D eigenvalue weighted by molar-refractivity contribution is 5.86. The van der Waals surface area contributed by atoms with E-state index in [1.165, 1.54) is 18.5 Å². The van der Waals surface area contributed by atoms with Gasteiger partial charge in [0.1, 0.15) is 0 Å². The van der Waals surface area contributed by atoms with Gasteiger partial charge in [-0.25, -0.2) is 23.5 Å². The highest BCUT2D eigenvalue weighted by Crippen LogP contribution is 2.42. The lowest BCUT2D eigenvalue weighted by molar-refractivity contribution is -0.129. The first-order valence-corrected chi connectivity index (χ1v) is 17.2. The predicted molar refractivity (Wildman–Crippen MR) is 177 cm³/mol. The largest absolute Gasteiger partial charge is 0.478 e. The molecule has 14 heteroatoms. The van der Waals surface area contributed by atoms with Gasteiger partial charge in [0.15, 0.2) is 5.82 Å². The molecule has 0 aliphatic carbocycles. The molecule has 7 rings (SSSR count). The molecule has 0 saturated carbocycles. The van der Waals surface area contributed by atoms with Crippen LogP contribution in [0, 0.1) is 17.2 Å². The Kier molecular flexibility index (Phi) is 9.19. The van der Waals surface area contributed by atoms with Crippen LogP contribution in [0.2, 0.25) is 0 Å². The van der Waals surface area contributed by atoms with E-state index in [1.54, 1.807) is 13.0 Å². The summed E-state index contributed by atoms with van der Waals surface area (Å²) in [4.78, 5) is 40.6. The Morgan fingerprint density at radius 1 is 1.02 bits per heavy atom. The fourth-order valence-corrected chi connectivity index (χ4v) is 7.98. The summed E-state index contributed by atoms with van der Waals surface area (Å²) in [6.45, 7) is 7.87. The van der Waals surface area contributed by atoms with Crippen molar-refractivity contribution < 1.29 is 23.5 Å². The Labute approximate surface area is 283 Å². The van der Waals surface area contributed by atoms with Gasteiger partial charge in [0.2, 0.25) is 11.9 Å². The van der Waals surface area contributed by atoms with Crippen LogP contribution < -0.4 is 9.80 Å². The zero-order chi connectivity index (χ0) is 34.2. The van der Waals surface area contributed by atoms with Gasteiger partial charge >= 0.3 is 5.97 Å². The normalized spacial score (nSPS) is 19.1. The Bertz CT molecular complexity index is 1760. The minimum Gasteiger partial charge on any atom is -0.478 e. The molecule has 1 aromatic carbocycles. The molecule has 4 aliphatic rings. The van der Waals surface area contributed by atoms with Gasteiger partial charge in [-0.15, -0.1) is 0 Å². The molecule has 2 aromatic heterocycles. The van der Waals surface area contributed by atoms with E-state index < -0.39 is 12.4 Å². The standard InChI is InChI=1S/C35H41F2N9O3/c1-22(47)44-14-8-30-29(21-44)33(45-9-2-3-24-15-25(17-38)28(32(36)37)16-31(24)45)41-46(30)27-6-10-42(11-7-27)20-23-4-12-43(13-5-23)35-39-18-26(19-40-35)34(48)49/h15-16,18-19,23,27,32H,2-14,20-21H2,1H3,(H,48,49). The van der Waals surface area contributed by atoms with Crippen molar-refractivity contribution in [2.75, 3.05) is 55.6 Å². The maximum atomic E-state index is 14.0. The van der Waals surface area contributed by atoms with Gasteiger partial charge in [-0.3, -0.25) is 9.48 Å². The molecule has 1 N–H and O–H groups in total. The second kappa shape index (κ2) is 13.7. The third kappa shape index (κ3) is 6.56. The number of nitriles is 1. The van der Waals surface area contributed by atoms with E-state index in [-0.39, 0.29) is 28.6 Å². The van der Waals surface area contributed by atoms with Gasteiger partial charge in [-0.2, -0.15) is 10.4 Å². The Morgan fingerprint density at radius 2 is 1.76 bits per heavy atom. The lowest BCUT2D eigenvalue weighted by Gasteiger charge is -2.38. The smallest absolute Gasteiger partial charge is 0.338 e. The second-order valence-corrected chi connectivity index (χ2v) is 13.7. The second-order valence-electron chi connectivity index (χ2n) is 13.7. The number of piperidine rings is 2. The van der Waals surface area contributed by atoms with Crippen LogP contribution in [0.3, 0.4) is 0 Å². The molecule has 0 atom stereocenters. The molecule has 0 spiro atoms. The number of nitrogens with zero attached hydrogens (tertiary/aromatic N) is 9. The number of anilines is 3. The molecule has 0 bridgehead atoms. The van der Waals surface area contributed by atoms with Crippen LogP contribution in [0.5, 0.6) is 0 Å². The molecule has 1 amide bonds. The van der Waals surface area contributed by atoms with Crippen molar-refractivity contribution in [1.29, 1.82) is 5.26 Å². The van der Waals surface area contributed by atoms with Crippen LogP contribution in [-0.4, -0.2) is 92.3 Å². The van der Waals surface area contributed by atoms with E-state index in [9.17, 15) is 23.6 Å². The number of hydrogen-bond donors (Lipinski definition) is 1. The molecule has 0 radical (unpaired) electrons. The molecule has 4 aliphatic heterocycles. The van der Waals surface area contributed by atoms with Gasteiger partial charge in [0, 0.05) is 94.1 Å². The maximum Gasteiger partial charge on any atom is 0.338 e. The summed E-state index contributed by atoms with van der Waals surface area (Å²) >= 11 is 0. The van der Waals surface area contributed by atoms with Crippen LogP contribution in [0.25, 0.3) is 0 Å². The number of carboxylic acids is 1. The first-order chi connectivity index (χ1) is 23.7. The van der Waals surface area contributed by atoms with Gasteiger partial charge in [0.25, 0.3) is 6.43 Å². The Hall–Kier alpha value is -4.64. The van der Waals surface area contributed by atoms with Crippen molar-refractivity contribution in [2.45, 2.75) is 70.9 Å². The number of carbonyl (C=O) groups excluding carboxylic acids is 1. The van der Waals surface area contributed by atoms with E-state index in [4.69, 9.17) is 10.2 Å². The zero-order valence-corrected chi connectivity index (χ0v) is 27.7. The van der Waals surface area contributed by atoms with Gasteiger partial charge in [-0.05, 0) is 62.1 Å². The number of amides is 1. The van der Waals surface area contributed by atoms with Crippen molar-refractivity contribution in [2.24, 2.45) is 5.92 Å².